The minimum absolute atomic E-state index is 0.0611. The summed E-state index contributed by atoms with van der Waals surface area (Å²) in [6, 6.07) is 13.4. The minimum atomic E-state index is -0.518. The van der Waals surface area contributed by atoms with Crippen LogP contribution in [0.2, 0.25) is 5.02 Å². The molecular formula is C28H37ClN2O3. The van der Waals surface area contributed by atoms with Gasteiger partial charge >= 0.3 is 0 Å². The number of carbonyl (C=O) groups excluding carboxylic acids is 2. The molecule has 5 nitrogen and oxygen atoms in total. The maximum absolute atomic E-state index is 13.4. The first-order valence-electron chi connectivity index (χ1n) is 12.4. The second-order valence-electron chi connectivity index (χ2n) is 9.25. The molecule has 0 saturated heterocycles. The molecule has 2 aromatic rings. The largest absolute Gasteiger partial charge is 0.484 e. The lowest BCUT2D eigenvalue weighted by atomic mass is 9.95. The highest BCUT2D eigenvalue weighted by molar-refractivity contribution is 6.32. The number of nitrogens with one attached hydrogen (secondary N) is 1. The van der Waals surface area contributed by atoms with Crippen LogP contribution in [0.1, 0.15) is 62.1 Å². The molecule has 1 atom stereocenters. The van der Waals surface area contributed by atoms with Crippen molar-refractivity contribution in [3.05, 3.63) is 64.2 Å². The van der Waals surface area contributed by atoms with E-state index in [-0.39, 0.29) is 24.5 Å². The lowest BCUT2D eigenvalue weighted by Gasteiger charge is -2.32. The predicted octanol–water partition coefficient (Wildman–Crippen LogP) is 5.63. The molecule has 3 rings (SSSR count). The Bertz CT molecular complexity index is 934. The predicted molar refractivity (Wildman–Crippen MR) is 137 cm³/mol. The van der Waals surface area contributed by atoms with Gasteiger partial charge in [-0.3, -0.25) is 9.59 Å². The van der Waals surface area contributed by atoms with Crippen LogP contribution in [0.3, 0.4) is 0 Å². The van der Waals surface area contributed by atoms with E-state index < -0.39 is 6.04 Å². The van der Waals surface area contributed by atoms with Crippen molar-refractivity contribution in [2.24, 2.45) is 0 Å². The molecule has 6 heteroatoms. The SMILES string of the molecule is CC[C@H](C(=O)NC1CCCCC1)N(CCc1ccccc1)C(=O)COc1cc(C)c(Cl)c(C)c1. The molecule has 0 heterocycles. The summed E-state index contributed by atoms with van der Waals surface area (Å²) in [6.07, 6.45) is 6.78. The van der Waals surface area contributed by atoms with Crippen LogP contribution < -0.4 is 10.1 Å². The Morgan fingerprint density at radius 3 is 2.35 bits per heavy atom. The van der Waals surface area contributed by atoms with E-state index in [0.29, 0.717) is 30.2 Å². The highest BCUT2D eigenvalue weighted by Crippen LogP contribution is 2.26. The van der Waals surface area contributed by atoms with E-state index in [1.165, 1.54) is 6.42 Å². The van der Waals surface area contributed by atoms with Gasteiger partial charge in [-0.05, 0) is 68.4 Å². The topological polar surface area (TPSA) is 58.6 Å². The van der Waals surface area contributed by atoms with Gasteiger partial charge in [-0.25, -0.2) is 0 Å². The van der Waals surface area contributed by atoms with Crippen molar-refractivity contribution >= 4 is 23.4 Å². The van der Waals surface area contributed by atoms with Crippen molar-refractivity contribution in [2.75, 3.05) is 13.2 Å². The van der Waals surface area contributed by atoms with Gasteiger partial charge in [-0.15, -0.1) is 0 Å². The lowest BCUT2D eigenvalue weighted by molar-refractivity contribution is -0.142. The number of carbonyl (C=O) groups is 2. The van der Waals surface area contributed by atoms with Crippen molar-refractivity contribution in [1.82, 2.24) is 10.2 Å². The number of ether oxygens (including phenoxy) is 1. The Kier molecular flexibility index (Phi) is 9.82. The first kappa shape index (κ1) is 26.1. The van der Waals surface area contributed by atoms with Crippen LogP contribution in [0, 0.1) is 13.8 Å². The summed E-state index contributed by atoms with van der Waals surface area (Å²) >= 11 is 6.26. The number of hydrogen-bond acceptors (Lipinski definition) is 3. The Hall–Kier alpha value is -2.53. The van der Waals surface area contributed by atoms with E-state index in [0.717, 1.165) is 42.4 Å². The molecule has 184 valence electrons. The number of amides is 2. The van der Waals surface area contributed by atoms with Crippen molar-refractivity contribution < 1.29 is 14.3 Å². The zero-order chi connectivity index (χ0) is 24.5. The van der Waals surface area contributed by atoms with Gasteiger partial charge in [0, 0.05) is 17.6 Å². The maximum atomic E-state index is 13.4. The monoisotopic (exact) mass is 484 g/mol. The van der Waals surface area contributed by atoms with Crippen LogP contribution in [-0.4, -0.2) is 41.9 Å². The summed E-state index contributed by atoms with van der Waals surface area (Å²) in [6.45, 7) is 6.13. The van der Waals surface area contributed by atoms with E-state index in [9.17, 15) is 9.59 Å². The quantitative estimate of drug-likeness (QED) is 0.475. The number of halogens is 1. The zero-order valence-corrected chi connectivity index (χ0v) is 21.4. The van der Waals surface area contributed by atoms with Gasteiger partial charge in [0.25, 0.3) is 5.91 Å². The normalized spacial score (nSPS) is 14.9. The van der Waals surface area contributed by atoms with Gasteiger partial charge < -0.3 is 15.0 Å². The fourth-order valence-electron chi connectivity index (χ4n) is 4.66. The number of benzene rings is 2. The van der Waals surface area contributed by atoms with Crippen molar-refractivity contribution in [3.63, 3.8) is 0 Å². The third-order valence-electron chi connectivity index (χ3n) is 6.59. The van der Waals surface area contributed by atoms with Gasteiger partial charge in [0.15, 0.2) is 6.61 Å². The fraction of sp³-hybridized carbons (Fsp3) is 0.500. The molecule has 1 aliphatic carbocycles. The van der Waals surface area contributed by atoms with Gasteiger partial charge in [0.2, 0.25) is 5.91 Å². The van der Waals surface area contributed by atoms with Crippen molar-refractivity contribution in [1.29, 1.82) is 0 Å². The highest BCUT2D eigenvalue weighted by Gasteiger charge is 2.30. The number of hydrogen-bond donors (Lipinski definition) is 1. The molecule has 0 aromatic heterocycles. The molecular weight excluding hydrogens is 448 g/mol. The van der Waals surface area contributed by atoms with E-state index in [2.05, 4.69) is 5.32 Å². The molecule has 1 N–H and O–H groups in total. The first-order valence-corrected chi connectivity index (χ1v) is 12.8. The first-order chi connectivity index (χ1) is 16.4. The van der Waals surface area contributed by atoms with Crippen LogP contribution in [0.25, 0.3) is 0 Å². The molecule has 1 saturated carbocycles. The average Bonchev–Trinajstić information content (AvgIpc) is 2.84. The van der Waals surface area contributed by atoms with Gasteiger partial charge in [0.1, 0.15) is 11.8 Å². The van der Waals surface area contributed by atoms with Crippen molar-refractivity contribution in [3.8, 4) is 5.75 Å². The van der Waals surface area contributed by atoms with Gasteiger partial charge in [-0.1, -0.05) is 68.1 Å². The highest BCUT2D eigenvalue weighted by atomic mass is 35.5. The second-order valence-corrected chi connectivity index (χ2v) is 9.63. The maximum Gasteiger partial charge on any atom is 0.261 e. The molecule has 1 fully saturated rings. The Balaban J connectivity index is 1.72. The lowest BCUT2D eigenvalue weighted by Crippen LogP contribution is -2.53. The molecule has 0 spiro atoms. The summed E-state index contributed by atoms with van der Waals surface area (Å²) in [4.78, 5) is 28.3. The molecule has 2 aromatic carbocycles. The zero-order valence-electron chi connectivity index (χ0n) is 20.6. The third-order valence-corrected chi connectivity index (χ3v) is 7.19. The smallest absolute Gasteiger partial charge is 0.261 e. The second kappa shape index (κ2) is 12.8. The molecule has 0 unspecified atom stereocenters. The fourth-order valence-corrected chi connectivity index (χ4v) is 4.77. The molecule has 1 aliphatic rings. The van der Waals surface area contributed by atoms with E-state index in [1.54, 1.807) is 4.90 Å². The molecule has 34 heavy (non-hydrogen) atoms. The van der Waals surface area contributed by atoms with E-state index in [1.807, 2.05) is 63.2 Å². The number of aryl methyl sites for hydroxylation is 2. The number of rotatable bonds is 10. The molecule has 0 radical (unpaired) electrons. The molecule has 2 amide bonds. The number of nitrogens with zero attached hydrogens (tertiary/aromatic N) is 1. The molecule has 0 aliphatic heterocycles. The third kappa shape index (κ3) is 7.23. The summed E-state index contributed by atoms with van der Waals surface area (Å²) < 4.78 is 5.86. The standard InChI is InChI=1S/C28H37ClN2O3/c1-4-25(28(33)30-23-13-9-6-10-14-23)31(16-15-22-11-7-5-8-12-22)26(32)19-34-24-17-20(2)27(29)21(3)18-24/h5,7-8,11-12,17-18,23,25H,4,6,9-10,13-16,19H2,1-3H3,(H,30,33)/t25-/m1/s1. The van der Waals surface area contributed by atoms with Gasteiger partial charge in [-0.2, -0.15) is 0 Å². The Morgan fingerprint density at radius 1 is 1.09 bits per heavy atom. The van der Waals surface area contributed by atoms with Crippen LogP contribution in [0.15, 0.2) is 42.5 Å². The molecule has 0 bridgehead atoms. The van der Waals surface area contributed by atoms with Crippen LogP contribution in [-0.2, 0) is 16.0 Å². The van der Waals surface area contributed by atoms with E-state index in [4.69, 9.17) is 16.3 Å². The Labute approximate surface area is 208 Å². The average molecular weight is 485 g/mol. The van der Waals surface area contributed by atoms with E-state index >= 15 is 0 Å². The summed E-state index contributed by atoms with van der Waals surface area (Å²) in [5.74, 6) is 0.358. The summed E-state index contributed by atoms with van der Waals surface area (Å²) in [5.41, 5.74) is 2.94. The minimum Gasteiger partial charge on any atom is -0.484 e. The van der Waals surface area contributed by atoms with Crippen LogP contribution in [0.5, 0.6) is 5.75 Å². The van der Waals surface area contributed by atoms with Crippen LogP contribution in [0.4, 0.5) is 0 Å². The van der Waals surface area contributed by atoms with Gasteiger partial charge in [0.05, 0.1) is 0 Å². The van der Waals surface area contributed by atoms with Crippen molar-refractivity contribution in [2.45, 2.75) is 77.8 Å². The Morgan fingerprint density at radius 2 is 1.74 bits per heavy atom. The summed E-state index contributed by atoms with van der Waals surface area (Å²) in [5, 5.41) is 3.91. The van der Waals surface area contributed by atoms with Crippen LogP contribution >= 0.6 is 11.6 Å². The summed E-state index contributed by atoms with van der Waals surface area (Å²) in [7, 11) is 0.